The van der Waals surface area contributed by atoms with Crippen LogP contribution in [0.15, 0.2) is 60.8 Å². The van der Waals surface area contributed by atoms with Gasteiger partial charge in [0.15, 0.2) is 0 Å². The number of rotatable bonds is 5. The Balaban J connectivity index is 1.95. The minimum atomic E-state index is -0.436. The third kappa shape index (κ3) is 4.50. The second-order valence-electron chi connectivity index (χ2n) is 6.12. The van der Waals surface area contributed by atoms with E-state index >= 15 is 0 Å². The van der Waals surface area contributed by atoms with E-state index in [1.54, 1.807) is 62.6 Å². The number of nitrogens with one attached hydrogen (secondary N) is 2. The molecule has 2 N–H and O–H groups in total. The van der Waals surface area contributed by atoms with E-state index in [0.29, 0.717) is 16.9 Å². The number of nitrogens with zero attached hydrogens (tertiary/aromatic N) is 2. The maximum Gasteiger partial charge on any atom is 0.264 e. The number of hydrogen-bond donors (Lipinski definition) is 2. The van der Waals surface area contributed by atoms with Gasteiger partial charge in [0.2, 0.25) is 0 Å². The first-order valence-electron chi connectivity index (χ1n) is 8.72. The summed E-state index contributed by atoms with van der Waals surface area (Å²) in [5.74, 6) is -0.635. The minimum absolute atomic E-state index is 0.193. The molecule has 2 aromatic carbocycles. The van der Waals surface area contributed by atoms with Crippen molar-refractivity contribution in [3.63, 3.8) is 0 Å². The average Bonchev–Trinajstić information content (AvgIpc) is 2.68. The molecule has 3 rings (SSSR count). The number of benzene rings is 2. The van der Waals surface area contributed by atoms with Gasteiger partial charge in [-0.15, -0.1) is 0 Å². The number of aromatic nitrogens is 1. The Bertz CT molecular complexity index is 1090. The van der Waals surface area contributed by atoms with Crippen molar-refractivity contribution in [2.45, 2.75) is 6.92 Å². The fraction of sp³-hybridized carbons (Fsp3) is 0.0952. The smallest absolute Gasteiger partial charge is 0.264 e. The Hall–Kier alpha value is -3.09. The van der Waals surface area contributed by atoms with Gasteiger partial charge in [-0.25, -0.2) is 0 Å². The van der Waals surface area contributed by atoms with Crippen LogP contribution in [-0.4, -0.2) is 28.9 Å². The summed E-state index contributed by atoms with van der Waals surface area (Å²) in [6.45, 7) is 1.77. The summed E-state index contributed by atoms with van der Waals surface area (Å²) in [7, 11) is 1.62. The standard InChI is InChI=1S/C21H18Cl2N4O2/c1-3-6-18(28)27(2)26-16-11-12-24-20-13(16)7-4-10-17(20)25-21(29)19-14(22)8-5-9-15(19)23/h3-12H,1-2H3,(H,24,26)(H,25,29). The molecule has 0 saturated heterocycles. The lowest BCUT2D eigenvalue weighted by molar-refractivity contribution is -0.123. The fourth-order valence-electron chi connectivity index (χ4n) is 2.76. The molecule has 0 spiro atoms. The van der Waals surface area contributed by atoms with Gasteiger partial charge in [0, 0.05) is 24.7 Å². The van der Waals surface area contributed by atoms with Crippen molar-refractivity contribution < 1.29 is 9.59 Å². The number of para-hydroxylation sites is 1. The lowest BCUT2D eigenvalue weighted by Gasteiger charge is -2.19. The average molecular weight is 429 g/mol. The van der Waals surface area contributed by atoms with Crippen molar-refractivity contribution in [3.8, 4) is 0 Å². The Kier molecular flexibility index (Phi) is 6.36. The molecule has 3 aromatic rings. The van der Waals surface area contributed by atoms with Gasteiger partial charge in [-0.05, 0) is 31.2 Å². The highest BCUT2D eigenvalue weighted by molar-refractivity contribution is 6.40. The van der Waals surface area contributed by atoms with Crippen LogP contribution in [0, 0.1) is 0 Å². The Labute approximate surface area is 178 Å². The molecule has 0 radical (unpaired) electrons. The van der Waals surface area contributed by atoms with E-state index in [1.165, 1.54) is 11.1 Å². The normalized spacial score (nSPS) is 10.9. The summed E-state index contributed by atoms with van der Waals surface area (Å²) >= 11 is 12.3. The van der Waals surface area contributed by atoms with Crippen molar-refractivity contribution in [2.24, 2.45) is 0 Å². The number of anilines is 2. The van der Waals surface area contributed by atoms with Crippen molar-refractivity contribution in [3.05, 3.63) is 76.4 Å². The van der Waals surface area contributed by atoms with Crippen LogP contribution in [0.5, 0.6) is 0 Å². The fourth-order valence-corrected chi connectivity index (χ4v) is 3.33. The predicted molar refractivity (Wildman–Crippen MR) is 117 cm³/mol. The zero-order chi connectivity index (χ0) is 21.0. The second-order valence-corrected chi connectivity index (χ2v) is 6.93. The molecule has 1 aromatic heterocycles. The molecular weight excluding hydrogens is 411 g/mol. The highest BCUT2D eigenvalue weighted by Crippen LogP contribution is 2.30. The van der Waals surface area contributed by atoms with Crippen molar-refractivity contribution in [2.75, 3.05) is 17.8 Å². The second kappa shape index (κ2) is 8.94. The van der Waals surface area contributed by atoms with E-state index in [4.69, 9.17) is 23.2 Å². The molecule has 0 aliphatic heterocycles. The van der Waals surface area contributed by atoms with Gasteiger partial charge in [-0.3, -0.25) is 25.0 Å². The number of allylic oxidation sites excluding steroid dienone is 1. The largest absolute Gasteiger partial charge is 0.320 e. The van der Waals surface area contributed by atoms with Gasteiger partial charge >= 0.3 is 0 Å². The highest BCUT2D eigenvalue weighted by Gasteiger charge is 2.17. The molecular formula is C21H18Cl2N4O2. The van der Waals surface area contributed by atoms with Gasteiger partial charge in [0.1, 0.15) is 0 Å². The molecule has 29 heavy (non-hydrogen) atoms. The number of likely N-dealkylation sites (N-methyl/N-ethyl adjacent to an activating group) is 1. The van der Waals surface area contributed by atoms with Gasteiger partial charge in [0.05, 0.1) is 32.5 Å². The van der Waals surface area contributed by atoms with Crippen LogP contribution in [-0.2, 0) is 4.79 Å². The van der Waals surface area contributed by atoms with Crippen LogP contribution in [0.1, 0.15) is 17.3 Å². The number of carbonyl (C=O) groups excluding carboxylic acids is 2. The molecule has 6 nitrogen and oxygen atoms in total. The zero-order valence-electron chi connectivity index (χ0n) is 15.7. The summed E-state index contributed by atoms with van der Waals surface area (Å²) in [5, 5.41) is 5.43. The molecule has 8 heteroatoms. The number of hydrazine groups is 1. The van der Waals surface area contributed by atoms with E-state index < -0.39 is 5.91 Å². The van der Waals surface area contributed by atoms with Crippen LogP contribution in [0.4, 0.5) is 11.4 Å². The summed E-state index contributed by atoms with van der Waals surface area (Å²) in [6, 6.07) is 12.0. The van der Waals surface area contributed by atoms with Crippen LogP contribution >= 0.6 is 23.2 Å². The van der Waals surface area contributed by atoms with E-state index in [0.717, 1.165) is 5.39 Å². The number of amides is 2. The topological polar surface area (TPSA) is 74.3 Å². The van der Waals surface area contributed by atoms with Crippen molar-refractivity contribution >= 4 is 57.3 Å². The molecule has 148 valence electrons. The molecule has 0 atom stereocenters. The summed E-state index contributed by atoms with van der Waals surface area (Å²) < 4.78 is 0. The monoisotopic (exact) mass is 428 g/mol. The molecule has 2 amide bonds. The Morgan fingerprint density at radius 1 is 1.03 bits per heavy atom. The van der Waals surface area contributed by atoms with Gasteiger partial charge in [0.25, 0.3) is 11.8 Å². The number of halogens is 2. The summed E-state index contributed by atoms with van der Waals surface area (Å²) in [5.41, 5.74) is 4.95. The van der Waals surface area contributed by atoms with Crippen molar-refractivity contribution in [1.29, 1.82) is 0 Å². The Morgan fingerprint density at radius 2 is 1.72 bits per heavy atom. The summed E-state index contributed by atoms with van der Waals surface area (Å²) in [6.07, 6.45) is 4.71. The first-order chi connectivity index (χ1) is 13.9. The molecule has 0 saturated carbocycles. The predicted octanol–water partition coefficient (Wildman–Crippen LogP) is 5.16. The third-order valence-corrected chi connectivity index (χ3v) is 4.77. The van der Waals surface area contributed by atoms with E-state index in [2.05, 4.69) is 15.7 Å². The zero-order valence-corrected chi connectivity index (χ0v) is 17.3. The SMILES string of the molecule is CC=CC(=O)N(C)Nc1ccnc2c(NC(=O)c3c(Cl)cccc3Cl)cccc12. The van der Waals surface area contributed by atoms with Crippen LogP contribution in [0.2, 0.25) is 10.0 Å². The van der Waals surface area contributed by atoms with Gasteiger partial charge < -0.3 is 5.32 Å². The van der Waals surface area contributed by atoms with E-state index in [1.807, 2.05) is 6.07 Å². The quantitative estimate of drug-likeness (QED) is 0.434. The maximum absolute atomic E-state index is 12.7. The van der Waals surface area contributed by atoms with Gasteiger partial charge in [-0.2, -0.15) is 0 Å². The molecule has 0 aliphatic carbocycles. The Morgan fingerprint density at radius 3 is 2.41 bits per heavy atom. The molecule has 0 aliphatic rings. The van der Waals surface area contributed by atoms with Crippen molar-refractivity contribution in [1.82, 2.24) is 9.99 Å². The van der Waals surface area contributed by atoms with Crippen LogP contribution < -0.4 is 10.7 Å². The molecule has 1 heterocycles. The minimum Gasteiger partial charge on any atom is -0.320 e. The number of carbonyl (C=O) groups is 2. The maximum atomic E-state index is 12.7. The molecule has 0 fully saturated rings. The van der Waals surface area contributed by atoms with E-state index in [-0.39, 0.29) is 21.5 Å². The first kappa shape index (κ1) is 20.6. The lowest BCUT2D eigenvalue weighted by atomic mass is 10.1. The molecule has 0 unspecified atom stereocenters. The van der Waals surface area contributed by atoms with Crippen LogP contribution in [0.25, 0.3) is 10.9 Å². The summed E-state index contributed by atoms with van der Waals surface area (Å²) in [4.78, 5) is 29.1. The number of fused-ring (bicyclic) bond motifs is 1. The first-order valence-corrected chi connectivity index (χ1v) is 9.48. The lowest BCUT2D eigenvalue weighted by Crippen LogP contribution is -2.30. The molecule has 0 bridgehead atoms. The van der Waals surface area contributed by atoms with Gasteiger partial charge in [-0.1, -0.05) is 47.5 Å². The van der Waals surface area contributed by atoms with E-state index in [9.17, 15) is 9.59 Å². The number of hydrogen-bond acceptors (Lipinski definition) is 4. The number of pyridine rings is 1. The highest BCUT2D eigenvalue weighted by atomic mass is 35.5. The third-order valence-electron chi connectivity index (χ3n) is 4.14. The van der Waals surface area contributed by atoms with Crippen LogP contribution in [0.3, 0.4) is 0 Å².